The van der Waals surface area contributed by atoms with Crippen LogP contribution in [0.1, 0.15) is 104 Å². The number of rotatable bonds is 30. The van der Waals surface area contributed by atoms with Crippen LogP contribution in [0, 0.1) is 5.41 Å². The number of hydrogen-bond donors (Lipinski definition) is 0. The Labute approximate surface area is 268 Å². The van der Waals surface area contributed by atoms with Gasteiger partial charge in [0.1, 0.15) is 31.8 Å². The normalized spacial score (nSPS) is 11.0. The molecule has 0 unspecified atom stereocenters. The Morgan fingerprint density at radius 2 is 0.884 bits per heavy atom. The summed E-state index contributed by atoms with van der Waals surface area (Å²) in [5, 5.41) is 0. The maximum atomic E-state index is 12.5. The third-order valence-corrected chi connectivity index (χ3v) is 8.78. The Morgan fingerprint density at radius 3 is 1.26 bits per heavy atom. The van der Waals surface area contributed by atoms with E-state index in [9.17, 15) is 19.2 Å². The van der Waals surface area contributed by atoms with Gasteiger partial charge in [0.15, 0.2) is 0 Å². The van der Waals surface area contributed by atoms with Crippen molar-refractivity contribution in [3.05, 3.63) is 25.3 Å². The van der Waals surface area contributed by atoms with Crippen LogP contribution in [0.15, 0.2) is 25.3 Å². The van der Waals surface area contributed by atoms with Crippen LogP contribution in [0.2, 0.25) is 0 Å². The van der Waals surface area contributed by atoms with Crippen LogP contribution in [-0.4, -0.2) is 73.3 Å². The van der Waals surface area contributed by atoms with E-state index in [4.69, 9.17) is 18.9 Å². The second-order valence-electron chi connectivity index (χ2n) is 10.7. The summed E-state index contributed by atoms with van der Waals surface area (Å²) in [6.07, 6.45) is 17.1. The molecule has 0 heterocycles. The number of hydrogen-bond acceptors (Lipinski definition) is 10. The number of carbonyl (C=O) groups is 4. The Hall–Kier alpha value is -1.94. The number of carbonyl (C=O) groups excluding carboxylic acids is 4. The highest BCUT2D eigenvalue weighted by Gasteiger charge is 2.37. The van der Waals surface area contributed by atoms with Crippen molar-refractivity contribution in [3.8, 4) is 0 Å². The molecule has 0 atom stereocenters. The smallest absolute Gasteiger partial charge is 0.330 e. The predicted octanol–water partition coefficient (Wildman–Crippen LogP) is 7.49. The lowest BCUT2D eigenvalue weighted by molar-refractivity contribution is -0.167. The second kappa shape index (κ2) is 28.8. The fourth-order valence-corrected chi connectivity index (χ4v) is 5.76. The minimum Gasteiger partial charge on any atom is -0.465 e. The third-order valence-electron chi connectivity index (χ3n) is 6.64. The van der Waals surface area contributed by atoms with E-state index in [1.54, 1.807) is 23.5 Å². The summed E-state index contributed by atoms with van der Waals surface area (Å²) >= 11 is 3.42. The number of thioether (sulfide) groups is 2. The zero-order chi connectivity index (χ0) is 32.0. The first-order valence-electron chi connectivity index (χ1n) is 15.9. The monoisotopic (exact) mass is 644 g/mol. The molecule has 0 aliphatic heterocycles. The summed E-state index contributed by atoms with van der Waals surface area (Å²) in [6, 6.07) is 0. The Balaban J connectivity index is 4.87. The van der Waals surface area contributed by atoms with Crippen molar-refractivity contribution in [3.63, 3.8) is 0 Å². The van der Waals surface area contributed by atoms with Crippen molar-refractivity contribution in [2.24, 2.45) is 5.41 Å². The largest absolute Gasteiger partial charge is 0.465 e. The van der Waals surface area contributed by atoms with Gasteiger partial charge in [-0.3, -0.25) is 9.59 Å². The average Bonchev–Trinajstić information content (AvgIpc) is 3.02. The van der Waals surface area contributed by atoms with Gasteiger partial charge in [0, 0.05) is 23.7 Å². The molecule has 0 rings (SSSR count). The van der Waals surface area contributed by atoms with Crippen molar-refractivity contribution in [1.29, 1.82) is 0 Å². The molecule has 10 heteroatoms. The lowest BCUT2D eigenvalue weighted by Gasteiger charge is -2.31. The van der Waals surface area contributed by atoms with Crippen molar-refractivity contribution in [2.75, 3.05) is 49.4 Å². The molecule has 0 saturated heterocycles. The number of ether oxygens (including phenoxy) is 4. The topological polar surface area (TPSA) is 105 Å². The zero-order valence-electron chi connectivity index (χ0n) is 26.7. The first-order valence-corrected chi connectivity index (χ1v) is 18.2. The lowest BCUT2D eigenvalue weighted by atomic mass is 9.92. The average molecular weight is 645 g/mol. The molecular formula is C33H56O8S2. The molecule has 0 aliphatic carbocycles. The number of unbranched alkanes of at least 4 members (excludes halogenated alkanes) is 10. The molecule has 0 N–H and O–H groups in total. The highest BCUT2D eigenvalue weighted by atomic mass is 32.2. The molecule has 43 heavy (non-hydrogen) atoms. The Morgan fingerprint density at radius 1 is 0.535 bits per heavy atom. The van der Waals surface area contributed by atoms with E-state index in [0.717, 1.165) is 36.5 Å². The van der Waals surface area contributed by atoms with E-state index in [-0.39, 0.29) is 39.3 Å². The highest BCUT2D eigenvalue weighted by Crippen LogP contribution is 2.23. The van der Waals surface area contributed by atoms with E-state index in [1.165, 1.54) is 64.2 Å². The molecule has 0 radical (unpaired) electrons. The minimum atomic E-state index is -1.28. The number of esters is 4. The summed E-state index contributed by atoms with van der Waals surface area (Å²) in [5.41, 5.74) is -1.28. The first kappa shape index (κ1) is 41.1. The van der Waals surface area contributed by atoms with Crippen LogP contribution in [0.5, 0.6) is 0 Å². The lowest BCUT2D eigenvalue weighted by Crippen LogP contribution is -2.43. The maximum Gasteiger partial charge on any atom is 0.330 e. The molecule has 8 nitrogen and oxygen atoms in total. The Kier molecular flexibility index (Phi) is 27.5. The fraction of sp³-hybridized carbons (Fsp3) is 0.758. The van der Waals surface area contributed by atoms with E-state index >= 15 is 0 Å². The van der Waals surface area contributed by atoms with Gasteiger partial charge in [-0.25, -0.2) is 9.59 Å². The van der Waals surface area contributed by atoms with Crippen LogP contribution in [0.3, 0.4) is 0 Å². The van der Waals surface area contributed by atoms with Crippen LogP contribution >= 0.6 is 23.5 Å². The molecule has 0 amide bonds. The molecule has 0 aromatic heterocycles. The van der Waals surface area contributed by atoms with Gasteiger partial charge in [0.2, 0.25) is 0 Å². The molecule has 0 saturated carbocycles. The van der Waals surface area contributed by atoms with Gasteiger partial charge < -0.3 is 18.9 Å². The summed E-state index contributed by atoms with van der Waals surface area (Å²) in [6.45, 7) is 10.1. The standard InChI is InChI=1S/C33H56O8S2/c1-5-9-11-13-15-17-21-42-23-19-31(36)40-27-33(25-38-29(34)7-3,26-39-30(35)8-4)28-41-32(37)20-24-43-22-18-16-14-12-10-6-2/h7-8H,3-6,9-28H2,1-2H3. The Bertz CT molecular complexity index is 723. The molecule has 0 spiro atoms. The summed E-state index contributed by atoms with van der Waals surface area (Å²) in [4.78, 5) is 48.8. The SMILES string of the molecule is C=CC(=O)OCC(COC(=O)C=C)(COC(=O)CCSCCCCCCCC)COC(=O)CCSCCCCCCCC. The molecule has 0 aliphatic rings. The molecular weight excluding hydrogens is 588 g/mol. The van der Waals surface area contributed by atoms with Gasteiger partial charge in [-0.2, -0.15) is 23.5 Å². The fourth-order valence-electron chi connectivity index (χ4n) is 3.91. The van der Waals surface area contributed by atoms with Crippen LogP contribution in [-0.2, 0) is 38.1 Å². The molecule has 0 aromatic rings. The zero-order valence-corrected chi connectivity index (χ0v) is 28.3. The van der Waals surface area contributed by atoms with E-state index in [1.807, 2.05) is 0 Å². The molecule has 0 fully saturated rings. The summed E-state index contributed by atoms with van der Waals surface area (Å²) in [7, 11) is 0. The summed E-state index contributed by atoms with van der Waals surface area (Å²) in [5.74, 6) is 0.983. The molecule has 0 bridgehead atoms. The second-order valence-corrected chi connectivity index (χ2v) is 13.2. The maximum absolute atomic E-state index is 12.5. The van der Waals surface area contributed by atoms with Gasteiger partial charge in [-0.05, 0) is 24.3 Å². The van der Waals surface area contributed by atoms with Crippen molar-refractivity contribution in [2.45, 2.75) is 104 Å². The van der Waals surface area contributed by atoms with Crippen LogP contribution in [0.4, 0.5) is 0 Å². The van der Waals surface area contributed by atoms with Gasteiger partial charge in [0.05, 0.1) is 12.8 Å². The summed E-state index contributed by atoms with van der Waals surface area (Å²) < 4.78 is 21.5. The van der Waals surface area contributed by atoms with Gasteiger partial charge in [0.25, 0.3) is 0 Å². The van der Waals surface area contributed by atoms with Gasteiger partial charge in [-0.1, -0.05) is 91.2 Å². The third kappa shape index (κ3) is 25.1. The van der Waals surface area contributed by atoms with E-state index in [2.05, 4.69) is 27.0 Å². The van der Waals surface area contributed by atoms with Gasteiger partial charge in [-0.15, -0.1) is 0 Å². The first-order chi connectivity index (χ1) is 20.8. The molecule has 0 aromatic carbocycles. The van der Waals surface area contributed by atoms with Crippen molar-refractivity contribution >= 4 is 47.4 Å². The van der Waals surface area contributed by atoms with E-state index in [0.29, 0.717) is 11.5 Å². The minimum absolute atomic E-state index is 0.213. The quantitative estimate of drug-likeness (QED) is 0.0338. The molecule has 248 valence electrons. The van der Waals surface area contributed by atoms with Crippen molar-refractivity contribution < 1.29 is 38.1 Å². The highest BCUT2D eigenvalue weighted by molar-refractivity contribution is 7.99. The van der Waals surface area contributed by atoms with Gasteiger partial charge >= 0.3 is 23.9 Å². The van der Waals surface area contributed by atoms with Crippen molar-refractivity contribution in [1.82, 2.24) is 0 Å². The van der Waals surface area contributed by atoms with Crippen LogP contribution in [0.25, 0.3) is 0 Å². The predicted molar refractivity (Wildman–Crippen MR) is 177 cm³/mol. The van der Waals surface area contributed by atoms with Crippen LogP contribution < -0.4 is 0 Å². The van der Waals surface area contributed by atoms with E-state index < -0.39 is 29.3 Å².